The molecular formula is C18H24N2O3. The molecule has 2 unspecified atom stereocenters. The standard InChI is InChI=1S/C18H24N2O3/c21-13-15-7-9-20(11-15)18(23)16-10-17(22)19(12-16)8-6-14-4-2-1-3-5-14/h1-5,15-16,21H,6-13H2. The van der Waals surface area contributed by atoms with Gasteiger partial charge in [0, 0.05) is 45.1 Å². The van der Waals surface area contributed by atoms with Gasteiger partial charge in [0.05, 0.1) is 5.92 Å². The molecule has 0 bridgehead atoms. The first-order valence-corrected chi connectivity index (χ1v) is 8.38. The van der Waals surface area contributed by atoms with Gasteiger partial charge in [-0.05, 0) is 18.4 Å². The van der Waals surface area contributed by atoms with Crippen LogP contribution in [0.25, 0.3) is 0 Å². The zero-order valence-electron chi connectivity index (χ0n) is 13.4. The average molecular weight is 316 g/mol. The van der Waals surface area contributed by atoms with Gasteiger partial charge < -0.3 is 14.9 Å². The van der Waals surface area contributed by atoms with Crippen molar-refractivity contribution < 1.29 is 14.7 Å². The van der Waals surface area contributed by atoms with Crippen molar-refractivity contribution in [3.63, 3.8) is 0 Å². The number of likely N-dealkylation sites (tertiary alicyclic amines) is 2. The Morgan fingerprint density at radius 1 is 1.22 bits per heavy atom. The molecule has 124 valence electrons. The minimum absolute atomic E-state index is 0.0801. The number of carbonyl (C=O) groups excluding carboxylic acids is 2. The smallest absolute Gasteiger partial charge is 0.228 e. The van der Waals surface area contributed by atoms with Crippen LogP contribution in [-0.2, 0) is 16.0 Å². The van der Waals surface area contributed by atoms with Crippen molar-refractivity contribution in [2.75, 3.05) is 32.8 Å². The molecule has 1 aromatic rings. The van der Waals surface area contributed by atoms with Crippen molar-refractivity contribution >= 4 is 11.8 Å². The van der Waals surface area contributed by atoms with Gasteiger partial charge in [-0.2, -0.15) is 0 Å². The normalized spacial score (nSPS) is 24.5. The van der Waals surface area contributed by atoms with Crippen LogP contribution in [0.3, 0.4) is 0 Å². The molecule has 5 heteroatoms. The number of amides is 2. The van der Waals surface area contributed by atoms with E-state index in [1.807, 2.05) is 28.0 Å². The van der Waals surface area contributed by atoms with E-state index in [1.165, 1.54) is 5.56 Å². The summed E-state index contributed by atoms with van der Waals surface area (Å²) in [6.45, 7) is 2.68. The van der Waals surface area contributed by atoms with Crippen molar-refractivity contribution in [3.05, 3.63) is 35.9 Å². The lowest BCUT2D eigenvalue weighted by Gasteiger charge is -2.21. The third kappa shape index (κ3) is 3.72. The molecule has 2 amide bonds. The van der Waals surface area contributed by atoms with E-state index < -0.39 is 0 Å². The Morgan fingerprint density at radius 3 is 2.70 bits per heavy atom. The highest BCUT2D eigenvalue weighted by Gasteiger charge is 2.38. The Hall–Kier alpha value is -1.88. The van der Waals surface area contributed by atoms with E-state index in [0.29, 0.717) is 32.6 Å². The van der Waals surface area contributed by atoms with Gasteiger partial charge in [0.15, 0.2) is 0 Å². The van der Waals surface area contributed by atoms with Crippen LogP contribution >= 0.6 is 0 Å². The predicted molar refractivity (Wildman–Crippen MR) is 86.6 cm³/mol. The van der Waals surface area contributed by atoms with E-state index >= 15 is 0 Å². The number of carbonyl (C=O) groups is 2. The molecule has 23 heavy (non-hydrogen) atoms. The van der Waals surface area contributed by atoms with Gasteiger partial charge in [-0.25, -0.2) is 0 Å². The summed E-state index contributed by atoms with van der Waals surface area (Å²) in [5, 5.41) is 9.19. The van der Waals surface area contributed by atoms with Crippen molar-refractivity contribution in [1.29, 1.82) is 0 Å². The quantitative estimate of drug-likeness (QED) is 0.879. The maximum Gasteiger partial charge on any atom is 0.228 e. The van der Waals surface area contributed by atoms with Crippen LogP contribution in [0, 0.1) is 11.8 Å². The molecule has 0 saturated carbocycles. The van der Waals surface area contributed by atoms with Crippen molar-refractivity contribution in [3.8, 4) is 0 Å². The molecule has 2 fully saturated rings. The molecular weight excluding hydrogens is 292 g/mol. The van der Waals surface area contributed by atoms with Gasteiger partial charge in [0.1, 0.15) is 0 Å². The topological polar surface area (TPSA) is 60.9 Å². The molecule has 2 atom stereocenters. The molecule has 2 aliphatic rings. The molecule has 2 saturated heterocycles. The molecule has 2 aliphatic heterocycles. The Labute approximate surface area is 136 Å². The zero-order valence-corrected chi connectivity index (χ0v) is 13.4. The number of benzene rings is 1. The van der Waals surface area contributed by atoms with Gasteiger partial charge in [0.2, 0.25) is 11.8 Å². The monoisotopic (exact) mass is 316 g/mol. The highest BCUT2D eigenvalue weighted by molar-refractivity contribution is 5.89. The summed E-state index contributed by atoms with van der Waals surface area (Å²) in [7, 11) is 0. The molecule has 0 aromatic heterocycles. The van der Waals surface area contributed by atoms with Crippen LogP contribution in [0.4, 0.5) is 0 Å². The van der Waals surface area contributed by atoms with Gasteiger partial charge in [-0.15, -0.1) is 0 Å². The van der Waals surface area contributed by atoms with Crippen LogP contribution in [-0.4, -0.2) is 59.5 Å². The van der Waals surface area contributed by atoms with Gasteiger partial charge >= 0.3 is 0 Å². The number of hydrogen-bond donors (Lipinski definition) is 1. The van der Waals surface area contributed by atoms with E-state index in [2.05, 4.69) is 12.1 Å². The van der Waals surface area contributed by atoms with E-state index in [1.54, 1.807) is 0 Å². The fraction of sp³-hybridized carbons (Fsp3) is 0.556. The largest absolute Gasteiger partial charge is 0.396 e. The second kappa shape index (κ2) is 7.13. The Bertz CT molecular complexity index is 561. The van der Waals surface area contributed by atoms with Gasteiger partial charge in [-0.3, -0.25) is 9.59 Å². The third-order valence-electron chi connectivity index (χ3n) is 4.93. The van der Waals surface area contributed by atoms with Crippen molar-refractivity contribution in [2.24, 2.45) is 11.8 Å². The molecule has 2 heterocycles. The lowest BCUT2D eigenvalue weighted by Crippen LogP contribution is -2.36. The Morgan fingerprint density at radius 2 is 2.00 bits per heavy atom. The van der Waals surface area contributed by atoms with Gasteiger partial charge in [-0.1, -0.05) is 30.3 Å². The van der Waals surface area contributed by atoms with Crippen molar-refractivity contribution in [2.45, 2.75) is 19.3 Å². The summed E-state index contributed by atoms with van der Waals surface area (Å²) in [5.74, 6) is 0.148. The number of rotatable bonds is 5. The van der Waals surface area contributed by atoms with Crippen LogP contribution in [0.15, 0.2) is 30.3 Å². The third-order valence-corrected chi connectivity index (χ3v) is 4.93. The summed E-state index contributed by atoms with van der Waals surface area (Å²) in [5.41, 5.74) is 1.21. The highest BCUT2D eigenvalue weighted by Crippen LogP contribution is 2.24. The Balaban J connectivity index is 1.52. The number of aliphatic hydroxyl groups excluding tert-OH is 1. The second-order valence-electron chi connectivity index (χ2n) is 6.60. The number of aliphatic hydroxyl groups is 1. The maximum atomic E-state index is 12.5. The maximum absolute atomic E-state index is 12.5. The first kappa shape index (κ1) is 16.0. The molecule has 0 aliphatic carbocycles. The number of hydrogen-bond acceptors (Lipinski definition) is 3. The Kier molecular flexibility index (Phi) is 4.96. The second-order valence-corrected chi connectivity index (χ2v) is 6.60. The van der Waals surface area contributed by atoms with E-state index in [9.17, 15) is 14.7 Å². The van der Waals surface area contributed by atoms with Crippen LogP contribution < -0.4 is 0 Å². The SMILES string of the molecule is O=C1CC(C(=O)N2CCC(CO)C2)CN1CCc1ccccc1. The summed E-state index contributed by atoms with van der Waals surface area (Å²) < 4.78 is 0. The molecule has 0 radical (unpaired) electrons. The molecule has 0 spiro atoms. The number of nitrogens with zero attached hydrogens (tertiary/aromatic N) is 2. The molecule has 1 aromatic carbocycles. The zero-order chi connectivity index (χ0) is 16.2. The van der Waals surface area contributed by atoms with Crippen LogP contribution in [0.1, 0.15) is 18.4 Å². The minimum atomic E-state index is -0.212. The summed E-state index contributed by atoms with van der Waals surface area (Å²) in [4.78, 5) is 28.3. The fourth-order valence-corrected chi connectivity index (χ4v) is 3.50. The van der Waals surface area contributed by atoms with E-state index in [0.717, 1.165) is 12.8 Å². The highest BCUT2D eigenvalue weighted by atomic mass is 16.3. The first-order valence-electron chi connectivity index (χ1n) is 8.38. The molecule has 5 nitrogen and oxygen atoms in total. The lowest BCUT2D eigenvalue weighted by atomic mass is 10.1. The van der Waals surface area contributed by atoms with Crippen molar-refractivity contribution in [1.82, 2.24) is 9.80 Å². The van der Waals surface area contributed by atoms with Gasteiger partial charge in [0.25, 0.3) is 0 Å². The molecule has 1 N–H and O–H groups in total. The summed E-state index contributed by atoms with van der Waals surface area (Å²) in [6, 6.07) is 10.1. The predicted octanol–water partition coefficient (Wildman–Crippen LogP) is 0.918. The molecule has 3 rings (SSSR count). The fourth-order valence-electron chi connectivity index (χ4n) is 3.50. The first-order chi connectivity index (χ1) is 11.2. The summed E-state index contributed by atoms with van der Waals surface area (Å²) in [6.07, 6.45) is 2.01. The minimum Gasteiger partial charge on any atom is -0.396 e. The summed E-state index contributed by atoms with van der Waals surface area (Å²) >= 11 is 0. The lowest BCUT2D eigenvalue weighted by molar-refractivity contribution is -0.135. The average Bonchev–Trinajstić information content (AvgIpc) is 3.20. The van der Waals surface area contributed by atoms with Crippen LogP contribution in [0.5, 0.6) is 0 Å². The van der Waals surface area contributed by atoms with E-state index in [4.69, 9.17) is 0 Å². The van der Waals surface area contributed by atoms with Crippen LogP contribution in [0.2, 0.25) is 0 Å². The van der Waals surface area contributed by atoms with E-state index in [-0.39, 0.29) is 30.3 Å².